The van der Waals surface area contributed by atoms with Gasteiger partial charge in [-0.2, -0.15) is 0 Å². The van der Waals surface area contributed by atoms with Crippen molar-refractivity contribution in [1.29, 1.82) is 0 Å². The number of nitrogens with two attached hydrogens (primary N) is 1. The number of benzene rings is 1. The smallest absolute Gasteiger partial charge is 0.408 e. The number of carbonyl (C=O) groups is 2. The number of ether oxygens (including phenoxy) is 1. The van der Waals surface area contributed by atoms with E-state index in [1.54, 1.807) is 20.8 Å². The Morgan fingerprint density at radius 1 is 1.07 bits per heavy atom. The molecule has 2 fully saturated rings. The van der Waals surface area contributed by atoms with Crippen LogP contribution < -0.4 is 21.4 Å². The zero-order valence-electron chi connectivity index (χ0n) is 25.1. The first kappa shape index (κ1) is 31.0. The molecule has 3 aromatic rings. The van der Waals surface area contributed by atoms with Crippen LogP contribution in [0.5, 0.6) is 0 Å². The molecule has 2 amide bonds. The molecule has 232 valence electrons. The van der Waals surface area contributed by atoms with E-state index in [9.17, 15) is 9.59 Å². The Bertz CT molecular complexity index is 1390. The second-order valence-electron chi connectivity index (χ2n) is 12.4. The Balaban J connectivity index is 1.36. The largest absolute Gasteiger partial charge is 0.444 e. The number of halogens is 1. The van der Waals surface area contributed by atoms with Crippen molar-refractivity contribution in [2.45, 2.75) is 57.2 Å². The van der Waals surface area contributed by atoms with E-state index in [4.69, 9.17) is 22.2 Å². The van der Waals surface area contributed by atoms with Crippen LogP contribution in [0.1, 0.15) is 51.6 Å². The lowest BCUT2D eigenvalue weighted by molar-refractivity contribution is -0.129. The van der Waals surface area contributed by atoms with E-state index in [2.05, 4.69) is 35.4 Å². The van der Waals surface area contributed by atoms with Gasteiger partial charge in [-0.05, 0) is 63.8 Å². The van der Waals surface area contributed by atoms with Crippen LogP contribution in [0.25, 0.3) is 11.0 Å². The van der Waals surface area contributed by atoms with Crippen LogP contribution in [0, 0.1) is 0 Å². The number of nitrogens with zero attached hydrogens (tertiary/aromatic N) is 5. The predicted molar refractivity (Wildman–Crippen MR) is 167 cm³/mol. The summed E-state index contributed by atoms with van der Waals surface area (Å²) >= 11 is 6.19. The van der Waals surface area contributed by atoms with Crippen molar-refractivity contribution < 1.29 is 14.3 Å². The van der Waals surface area contributed by atoms with Gasteiger partial charge in [-0.3, -0.25) is 10.6 Å². The fourth-order valence-corrected chi connectivity index (χ4v) is 5.86. The van der Waals surface area contributed by atoms with E-state index in [1.165, 1.54) is 6.33 Å². The highest BCUT2D eigenvalue weighted by Gasteiger charge is 2.45. The number of nitrogens with one attached hydrogen (secondary N) is 3. The summed E-state index contributed by atoms with van der Waals surface area (Å²) in [5.41, 5.74) is -0.164. The first-order valence-corrected chi connectivity index (χ1v) is 15.2. The highest BCUT2D eigenvalue weighted by atomic mass is 35.5. The van der Waals surface area contributed by atoms with Gasteiger partial charge in [-0.1, -0.05) is 23.7 Å². The number of H-pyrrole nitrogens is 1. The van der Waals surface area contributed by atoms with Gasteiger partial charge < -0.3 is 30.2 Å². The quantitative estimate of drug-likeness (QED) is 0.282. The number of anilines is 1. The van der Waals surface area contributed by atoms with Crippen LogP contribution in [0.15, 0.2) is 42.9 Å². The third kappa shape index (κ3) is 7.74. The molecule has 13 heteroatoms. The monoisotopic (exact) mass is 611 g/mol. The first-order chi connectivity index (χ1) is 20.5. The highest BCUT2D eigenvalue weighted by Crippen LogP contribution is 2.31. The van der Waals surface area contributed by atoms with Crippen molar-refractivity contribution in [3.05, 3.63) is 53.4 Å². The van der Waals surface area contributed by atoms with E-state index in [-0.39, 0.29) is 11.9 Å². The average Bonchev–Trinajstić information content (AvgIpc) is 3.45. The summed E-state index contributed by atoms with van der Waals surface area (Å²) in [5.74, 6) is 6.51. The lowest BCUT2D eigenvalue weighted by atomic mass is 9.85. The maximum Gasteiger partial charge on any atom is 0.408 e. The molecule has 2 aromatic heterocycles. The number of aromatic amines is 1. The van der Waals surface area contributed by atoms with E-state index in [1.807, 2.05) is 41.5 Å². The van der Waals surface area contributed by atoms with Gasteiger partial charge in [0.15, 0.2) is 0 Å². The first-order valence-electron chi connectivity index (χ1n) is 14.8. The van der Waals surface area contributed by atoms with Gasteiger partial charge in [0, 0.05) is 57.0 Å². The maximum absolute atomic E-state index is 14.3. The van der Waals surface area contributed by atoms with Crippen molar-refractivity contribution in [2.24, 2.45) is 5.84 Å². The number of aromatic nitrogens is 3. The van der Waals surface area contributed by atoms with Crippen LogP contribution in [-0.2, 0) is 9.53 Å². The second kappa shape index (κ2) is 13.0. The molecule has 5 N–H and O–H groups in total. The number of alkyl carbamates (subject to hydrolysis) is 1. The molecule has 0 spiro atoms. The molecule has 0 aliphatic carbocycles. The number of hydrogen-bond donors (Lipinski definition) is 4. The molecule has 0 unspecified atom stereocenters. The fourth-order valence-electron chi connectivity index (χ4n) is 5.73. The third-order valence-electron chi connectivity index (χ3n) is 8.14. The molecule has 2 saturated heterocycles. The van der Waals surface area contributed by atoms with Crippen LogP contribution in [0.3, 0.4) is 0 Å². The summed E-state index contributed by atoms with van der Waals surface area (Å²) in [6.45, 7) is 10.6. The Morgan fingerprint density at radius 3 is 2.44 bits per heavy atom. The fraction of sp³-hybridized carbons (Fsp3) is 0.533. The van der Waals surface area contributed by atoms with Crippen molar-refractivity contribution in [2.75, 3.05) is 50.7 Å². The Labute approximate surface area is 257 Å². The van der Waals surface area contributed by atoms with Crippen molar-refractivity contribution in [3.63, 3.8) is 0 Å². The Morgan fingerprint density at radius 2 is 1.77 bits per heavy atom. The third-order valence-corrected chi connectivity index (χ3v) is 8.39. The summed E-state index contributed by atoms with van der Waals surface area (Å²) < 4.78 is 5.61. The minimum Gasteiger partial charge on any atom is -0.444 e. The normalized spacial score (nSPS) is 18.8. The van der Waals surface area contributed by atoms with E-state index < -0.39 is 17.2 Å². The number of rotatable bonds is 8. The van der Waals surface area contributed by atoms with Gasteiger partial charge in [0.25, 0.3) is 0 Å². The zero-order chi connectivity index (χ0) is 30.6. The molecule has 0 saturated carbocycles. The average molecular weight is 612 g/mol. The SMILES string of the molecule is CC(C)(C)OC(=O)NC1(C(=O)N[C@@H](CCN2CCN(N)CC2)c2ccc(Cl)cc2)CCN(c2ncnc3[nH]ccc23)CC1. The highest BCUT2D eigenvalue weighted by molar-refractivity contribution is 6.30. The maximum atomic E-state index is 14.3. The van der Waals surface area contributed by atoms with Crippen molar-refractivity contribution in [1.82, 2.24) is 35.5 Å². The van der Waals surface area contributed by atoms with E-state index in [0.717, 1.165) is 55.1 Å². The van der Waals surface area contributed by atoms with Gasteiger partial charge in [0.1, 0.15) is 28.9 Å². The number of carbonyl (C=O) groups excluding carboxylic acids is 2. The molecule has 1 atom stereocenters. The predicted octanol–water partition coefficient (Wildman–Crippen LogP) is 3.21. The lowest BCUT2D eigenvalue weighted by Crippen LogP contribution is -2.64. The van der Waals surface area contributed by atoms with E-state index >= 15 is 0 Å². The van der Waals surface area contributed by atoms with Gasteiger partial charge >= 0.3 is 6.09 Å². The topological polar surface area (TPSA) is 145 Å². The van der Waals surface area contributed by atoms with E-state index in [0.29, 0.717) is 37.4 Å². The molecule has 12 nitrogen and oxygen atoms in total. The lowest BCUT2D eigenvalue weighted by Gasteiger charge is -2.42. The molecule has 4 heterocycles. The standard InChI is InChI=1S/C30H42ClN9O3/c1-29(2,3)43-28(42)37-30(10-14-39(15-11-30)26-23-8-12-33-25(23)34-20-35-26)27(41)36-24(21-4-6-22(31)7-5-21)9-13-38-16-18-40(32)19-17-38/h4-8,12,20,24H,9-11,13-19,32H2,1-3H3,(H,36,41)(H,37,42)(H,33,34,35)/t24-/m0/s1. The summed E-state index contributed by atoms with van der Waals surface area (Å²) in [7, 11) is 0. The molecule has 2 aliphatic rings. The molecule has 0 radical (unpaired) electrons. The molecular weight excluding hydrogens is 570 g/mol. The number of piperazine rings is 1. The number of hydrogen-bond acceptors (Lipinski definition) is 9. The van der Waals surface area contributed by atoms with Crippen LogP contribution in [0.2, 0.25) is 5.02 Å². The van der Waals surface area contributed by atoms with Gasteiger partial charge in [-0.15, -0.1) is 0 Å². The van der Waals surface area contributed by atoms with Gasteiger partial charge in [0.2, 0.25) is 5.91 Å². The minimum atomic E-state index is -1.17. The number of piperidine rings is 1. The number of fused-ring (bicyclic) bond motifs is 1. The van der Waals surface area contributed by atoms with Crippen molar-refractivity contribution >= 4 is 40.5 Å². The molecule has 0 bridgehead atoms. The van der Waals surface area contributed by atoms with Crippen LogP contribution in [-0.4, -0.2) is 93.8 Å². The molecular formula is C30H42ClN9O3. The summed E-state index contributed by atoms with van der Waals surface area (Å²) in [5, 5.41) is 9.65. The molecule has 43 heavy (non-hydrogen) atoms. The summed E-state index contributed by atoms with van der Waals surface area (Å²) in [4.78, 5) is 43.8. The van der Waals surface area contributed by atoms with Crippen LogP contribution in [0.4, 0.5) is 10.6 Å². The molecule has 1 aromatic carbocycles. The number of hydrazine groups is 1. The second-order valence-corrected chi connectivity index (χ2v) is 12.8. The minimum absolute atomic E-state index is 0.237. The molecule has 5 rings (SSSR count). The summed E-state index contributed by atoms with van der Waals surface area (Å²) in [6, 6.07) is 9.22. The van der Waals surface area contributed by atoms with Crippen LogP contribution >= 0.6 is 11.6 Å². The van der Waals surface area contributed by atoms with Gasteiger partial charge in [0.05, 0.1) is 11.4 Å². The molecule has 2 aliphatic heterocycles. The summed E-state index contributed by atoms with van der Waals surface area (Å²) in [6.07, 6.45) is 4.19. The number of amides is 2. The van der Waals surface area contributed by atoms with Crippen molar-refractivity contribution in [3.8, 4) is 0 Å². The van der Waals surface area contributed by atoms with Gasteiger partial charge in [-0.25, -0.2) is 19.8 Å². The Hall–Kier alpha value is -3.45. The zero-order valence-corrected chi connectivity index (χ0v) is 25.9. The Kier molecular flexibility index (Phi) is 9.40.